The highest BCUT2D eigenvalue weighted by atomic mass is 16.5. The van der Waals surface area contributed by atoms with E-state index in [1.807, 2.05) is 54.6 Å². The molecule has 0 spiro atoms. The van der Waals surface area contributed by atoms with E-state index < -0.39 is 5.41 Å². The first-order valence-corrected chi connectivity index (χ1v) is 7.21. The number of ketones is 1. The molecule has 0 bridgehead atoms. The molecule has 0 aliphatic rings. The Morgan fingerprint density at radius 1 is 1.14 bits per heavy atom. The van der Waals surface area contributed by atoms with Crippen LogP contribution in [0.1, 0.15) is 31.4 Å². The molecule has 0 saturated carbocycles. The van der Waals surface area contributed by atoms with Crippen LogP contribution in [0.4, 0.5) is 0 Å². The summed E-state index contributed by atoms with van der Waals surface area (Å²) in [5.41, 5.74) is 1.14. The molecule has 2 aromatic carbocycles. The fourth-order valence-corrected chi connectivity index (χ4v) is 2.36. The molecule has 0 aliphatic carbocycles. The van der Waals surface area contributed by atoms with Crippen molar-refractivity contribution < 1.29 is 9.53 Å². The highest BCUT2D eigenvalue weighted by molar-refractivity contribution is 5.77. The van der Waals surface area contributed by atoms with Crippen molar-refractivity contribution in [3.05, 3.63) is 65.7 Å². The molecule has 1 atom stereocenters. The molecule has 0 saturated heterocycles. The van der Waals surface area contributed by atoms with Crippen molar-refractivity contribution >= 4 is 5.78 Å². The van der Waals surface area contributed by atoms with Crippen molar-refractivity contribution in [1.29, 1.82) is 5.26 Å². The van der Waals surface area contributed by atoms with Crippen LogP contribution >= 0.6 is 0 Å². The summed E-state index contributed by atoms with van der Waals surface area (Å²) < 4.78 is 5.72. The quantitative estimate of drug-likeness (QED) is 0.808. The van der Waals surface area contributed by atoms with Crippen LogP contribution in [-0.4, -0.2) is 5.78 Å². The number of nitriles is 1. The van der Waals surface area contributed by atoms with E-state index >= 15 is 0 Å². The molecule has 0 N–H and O–H groups in total. The normalized spacial score (nSPS) is 13.0. The average molecular weight is 293 g/mol. The van der Waals surface area contributed by atoms with Crippen LogP contribution in [-0.2, 0) is 16.8 Å². The van der Waals surface area contributed by atoms with Crippen molar-refractivity contribution in [2.24, 2.45) is 0 Å². The zero-order valence-corrected chi connectivity index (χ0v) is 12.9. The van der Waals surface area contributed by atoms with Crippen LogP contribution in [0.2, 0.25) is 0 Å². The van der Waals surface area contributed by atoms with Crippen molar-refractivity contribution in [2.75, 3.05) is 0 Å². The minimum absolute atomic E-state index is 0.00783. The molecular weight excluding hydrogens is 274 g/mol. The van der Waals surface area contributed by atoms with Crippen LogP contribution in [0.15, 0.2) is 54.6 Å². The summed E-state index contributed by atoms with van der Waals surface area (Å²) in [5, 5.41) is 9.38. The van der Waals surface area contributed by atoms with Gasteiger partial charge >= 0.3 is 0 Å². The zero-order chi connectivity index (χ0) is 16.0. The van der Waals surface area contributed by atoms with Gasteiger partial charge in [-0.15, -0.1) is 0 Å². The summed E-state index contributed by atoms with van der Waals surface area (Å²) in [6.45, 7) is 3.80. The zero-order valence-electron chi connectivity index (χ0n) is 12.9. The largest absolute Gasteiger partial charge is 0.489 e. The molecule has 0 heterocycles. The number of carbonyl (C=O) groups is 1. The maximum absolute atomic E-state index is 11.3. The summed E-state index contributed by atoms with van der Waals surface area (Å²) >= 11 is 0. The Kier molecular flexibility index (Phi) is 4.95. The van der Waals surface area contributed by atoms with Crippen LogP contribution in [0.25, 0.3) is 0 Å². The second-order valence-corrected chi connectivity index (χ2v) is 5.62. The van der Waals surface area contributed by atoms with Gasteiger partial charge in [-0.3, -0.25) is 4.79 Å². The molecule has 0 aromatic heterocycles. The minimum atomic E-state index is -0.788. The number of rotatable bonds is 6. The number of nitrogens with zero attached hydrogens (tertiary/aromatic N) is 1. The second kappa shape index (κ2) is 6.91. The predicted octanol–water partition coefficient (Wildman–Crippen LogP) is 4.03. The molecule has 1 unspecified atom stereocenters. The van der Waals surface area contributed by atoms with E-state index in [0.29, 0.717) is 6.61 Å². The third-order valence-electron chi connectivity index (χ3n) is 3.59. The minimum Gasteiger partial charge on any atom is -0.489 e. The van der Waals surface area contributed by atoms with Gasteiger partial charge in [0.2, 0.25) is 0 Å². The molecule has 0 amide bonds. The van der Waals surface area contributed by atoms with Crippen LogP contribution < -0.4 is 4.74 Å². The molecule has 2 rings (SSSR count). The van der Waals surface area contributed by atoms with Crippen LogP contribution in [0.5, 0.6) is 5.75 Å². The Morgan fingerprint density at radius 3 is 2.32 bits per heavy atom. The Balaban J connectivity index is 2.07. The summed E-state index contributed by atoms with van der Waals surface area (Å²) in [6, 6.07) is 19.6. The molecule has 0 radical (unpaired) electrons. The molecule has 3 heteroatoms. The van der Waals surface area contributed by atoms with Gasteiger partial charge in [-0.2, -0.15) is 5.26 Å². The first kappa shape index (κ1) is 15.8. The highest BCUT2D eigenvalue weighted by Crippen LogP contribution is 2.29. The number of ether oxygens (including phenoxy) is 1. The lowest BCUT2D eigenvalue weighted by molar-refractivity contribution is -0.117. The highest BCUT2D eigenvalue weighted by Gasteiger charge is 2.28. The van der Waals surface area contributed by atoms with Gasteiger partial charge in [-0.05, 0) is 37.1 Å². The third kappa shape index (κ3) is 3.95. The molecular formula is C19H19NO2. The smallest absolute Gasteiger partial charge is 0.131 e. The fourth-order valence-electron chi connectivity index (χ4n) is 2.36. The Morgan fingerprint density at radius 2 is 1.77 bits per heavy atom. The van der Waals surface area contributed by atoms with E-state index in [1.54, 1.807) is 6.92 Å². The molecule has 22 heavy (non-hydrogen) atoms. The Bertz CT molecular complexity index is 671. The van der Waals surface area contributed by atoms with Gasteiger partial charge in [-0.1, -0.05) is 42.5 Å². The molecule has 0 aliphatic heterocycles. The predicted molar refractivity (Wildman–Crippen MR) is 85.5 cm³/mol. The second-order valence-electron chi connectivity index (χ2n) is 5.62. The topological polar surface area (TPSA) is 50.1 Å². The Labute approximate surface area is 131 Å². The number of hydrogen-bond acceptors (Lipinski definition) is 3. The standard InChI is InChI=1S/C19H19NO2/c1-15(21)12-19(2,14-20)17-8-10-18(11-9-17)22-13-16-6-4-3-5-7-16/h3-11H,12-13H2,1-2H3. The van der Waals surface area contributed by atoms with Crippen LogP contribution in [0.3, 0.4) is 0 Å². The van der Waals surface area contributed by atoms with E-state index in [-0.39, 0.29) is 12.2 Å². The molecule has 3 nitrogen and oxygen atoms in total. The molecule has 2 aromatic rings. The number of benzene rings is 2. The SMILES string of the molecule is CC(=O)CC(C)(C#N)c1ccc(OCc2ccccc2)cc1. The van der Waals surface area contributed by atoms with E-state index in [2.05, 4.69) is 6.07 Å². The van der Waals surface area contributed by atoms with Gasteiger partial charge < -0.3 is 4.74 Å². The first-order chi connectivity index (χ1) is 10.5. The monoisotopic (exact) mass is 293 g/mol. The number of Topliss-reactive ketones (excluding diaryl/α,β-unsaturated/α-hetero) is 1. The maximum atomic E-state index is 11.3. The molecule has 112 valence electrons. The summed E-state index contributed by atoms with van der Waals surface area (Å²) in [7, 11) is 0. The van der Waals surface area contributed by atoms with Gasteiger partial charge in [0.15, 0.2) is 0 Å². The van der Waals surface area contributed by atoms with E-state index in [0.717, 1.165) is 16.9 Å². The van der Waals surface area contributed by atoms with Crippen molar-refractivity contribution in [1.82, 2.24) is 0 Å². The van der Waals surface area contributed by atoms with Gasteiger partial charge in [0.05, 0.1) is 11.5 Å². The lowest BCUT2D eigenvalue weighted by atomic mass is 9.80. The van der Waals surface area contributed by atoms with Gasteiger partial charge in [0.1, 0.15) is 18.1 Å². The lowest BCUT2D eigenvalue weighted by Crippen LogP contribution is -2.22. The van der Waals surface area contributed by atoms with Crippen molar-refractivity contribution in [2.45, 2.75) is 32.3 Å². The van der Waals surface area contributed by atoms with Crippen molar-refractivity contribution in [3.63, 3.8) is 0 Å². The number of carbonyl (C=O) groups excluding carboxylic acids is 1. The van der Waals surface area contributed by atoms with Gasteiger partial charge in [0, 0.05) is 6.42 Å². The average Bonchev–Trinajstić information content (AvgIpc) is 2.53. The summed E-state index contributed by atoms with van der Waals surface area (Å²) in [4.78, 5) is 11.3. The maximum Gasteiger partial charge on any atom is 0.131 e. The fraction of sp³-hybridized carbons (Fsp3) is 0.263. The van der Waals surface area contributed by atoms with Crippen molar-refractivity contribution in [3.8, 4) is 11.8 Å². The van der Waals surface area contributed by atoms with Crippen LogP contribution in [0, 0.1) is 11.3 Å². The van der Waals surface area contributed by atoms with E-state index in [4.69, 9.17) is 4.74 Å². The summed E-state index contributed by atoms with van der Waals surface area (Å²) in [5.74, 6) is 0.754. The summed E-state index contributed by atoms with van der Waals surface area (Å²) in [6.07, 6.45) is 0.216. The first-order valence-electron chi connectivity index (χ1n) is 7.21. The van der Waals surface area contributed by atoms with E-state index in [9.17, 15) is 10.1 Å². The Hall–Kier alpha value is -2.60. The lowest BCUT2D eigenvalue weighted by Gasteiger charge is -2.20. The molecule has 0 fully saturated rings. The number of hydrogen-bond donors (Lipinski definition) is 0. The van der Waals surface area contributed by atoms with Gasteiger partial charge in [0.25, 0.3) is 0 Å². The third-order valence-corrected chi connectivity index (χ3v) is 3.59. The van der Waals surface area contributed by atoms with E-state index in [1.165, 1.54) is 6.92 Å². The van der Waals surface area contributed by atoms with Gasteiger partial charge in [-0.25, -0.2) is 0 Å².